The number of ether oxygens (including phenoxy) is 3. The third-order valence-corrected chi connectivity index (χ3v) is 6.14. The summed E-state index contributed by atoms with van der Waals surface area (Å²) in [5.41, 5.74) is 0.693. The number of carbonyl (C=O) groups is 1. The van der Waals surface area contributed by atoms with Gasteiger partial charge in [-0.3, -0.25) is 0 Å². The molecule has 0 aliphatic heterocycles. The van der Waals surface area contributed by atoms with Gasteiger partial charge in [0.05, 0.1) is 13.2 Å². The van der Waals surface area contributed by atoms with Gasteiger partial charge in [0.1, 0.15) is 22.4 Å². The fourth-order valence-corrected chi connectivity index (χ4v) is 4.71. The smallest absolute Gasteiger partial charge is 0.349 e. The maximum atomic E-state index is 13.1. The lowest BCUT2D eigenvalue weighted by atomic mass is 10.1. The molecule has 0 saturated carbocycles. The van der Waals surface area contributed by atoms with Gasteiger partial charge in [-0.15, -0.1) is 11.3 Å². The van der Waals surface area contributed by atoms with E-state index in [0.717, 1.165) is 11.3 Å². The summed E-state index contributed by atoms with van der Waals surface area (Å²) in [5, 5.41) is 1.50. The van der Waals surface area contributed by atoms with Crippen LogP contribution >= 0.6 is 11.3 Å². The first-order chi connectivity index (χ1) is 12.9. The van der Waals surface area contributed by atoms with Crippen LogP contribution in [0.25, 0.3) is 0 Å². The van der Waals surface area contributed by atoms with E-state index >= 15 is 0 Å². The van der Waals surface area contributed by atoms with Crippen LogP contribution in [-0.2, 0) is 24.2 Å². The Morgan fingerprint density at radius 3 is 2.56 bits per heavy atom. The Morgan fingerprint density at radius 2 is 1.93 bits per heavy atom. The van der Waals surface area contributed by atoms with Gasteiger partial charge >= 0.3 is 5.97 Å². The Bertz CT molecular complexity index is 851. The van der Waals surface area contributed by atoms with Gasteiger partial charge in [0.25, 0.3) is 0 Å². The van der Waals surface area contributed by atoms with Crippen LogP contribution in [0, 0.1) is 5.82 Å². The van der Waals surface area contributed by atoms with Gasteiger partial charge < -0.3 is 14.2 Å². The maximum absolute atomic E-state index is 13.1. The third-order valence-electron chi connectivity index (χ3n) is 3.62. The average Bonchev–Trinajstić information content (AvgIpc) is 3.15. The van der Waals surface area contributed by atoms with Gasteiger partial charge in [0.15, 0.2) is 0 Å². The summed E-state index contributed by atoms with van der Waals surface area (Å²) in [7, 11) is -1.24. The lowest BCUT2D eigenvalue weighted by Crippen LogP contribution is -2.27. The van der Waals surface area contributed by atoms with Crippen LogP contribution in [0.3, 0.4) is 0 Å². The summed E-state index contributed by atoms with van der Waals surface area (Å²) in [5.74, 6) is -1.09. The average molecular weight is 417 g/mol. The quantitative estimate of drug-likeness (QED) is 0.472. The summed E-state index contributed by atoms with van der Waals surface area (Å²) in [6, 6.07) is 7.09. The highest BCUT2D eigenvalue weighted by Crippen LogP contribution is 2.24. The molecule has 0 bridgehead atoms. The van der Waals surface area contributed by atoms with E-state index in [0.29, 0.717) is 5.56 Å². The van der Waals surface area contributed by atoms with Crippen LogP contribution in [0.1, 0.15) is 27.8 Å². The number of hydrogen-bond donors (Lipinski definition) is 1. The van der Waals surface area contributed by atoms with Gasteiger partial charge in [-0.05, 0) is 35.6 Å². The monoisotopic (exact) mass is 417 g/mol. The zero-order valence-electron chi connectivity index (χ0n) is 14.8. The molecule has 0 saturated heterocycles. The van der Waals surface area contributed by atoms with Crippen molar-refractivity contribution in [2.75, 3.05) is 27.6 Å². The Hall–Kier alpha value is -1.85. The molecule has 1 atom stereocenters. The normalized spacial score (nSPS) is 12.7. The standard InChI is InChI=1S/C17H20FNO6S2/c1-23-11-25-14(12-3-5-13(18)6-4-12)7-9-19-27(21,22)15-8-10-26-16(15)17(20)24-2/h3-6,8,10,14,19H,7,9,11H2,1-2H3. The fourth-order valence-electron chi connectivity index (χ4n) is 2.33. The van der Waals surface area contributed by atoms with E-state index in [9.17, 15) is 17.6 Å². The summed E-state index contributed by atoms with van der Waals surface area (Å²) in [4.78, 5) is 11.6. The largest absolute Gasteiger partial charge is 0.465 e. The number of nitrogens with one attached hydrogen (secondary N) is 1. The Morgan fingerprint density at radius 1 is 1.22 bits per heavy atom. The number of rotatable bonds is 10. The van der Waals surface area contributed by atoms with Crippen molar-refractivity contribution >= 4 is 27.3 Å². The van der Waals surface area contributed by atoms with Gasteiger partial charge in [-0.1, -0.05) is 12.1 Å². The zero-order valence-corrected chi connectivity index (χ0v) is 16.4. The molecular formula is C17H20FNO6S2. The van der Waals surface area contributed by atoms with Gasteiger partial charge in [-0.25, -0.2) is 22.3 Å². The van der Waals surface area contributed by atoms with E-state index in [1.807, 2.05) is 0 Å². The van der Waals surface area contributed by atoms with E-state index in [-0.39, 0.29) is 35.3 Å². The number of thiophene rings is 1. The molecule has 10 heteroatoms. The molecule has 2 rings (SSSR count). The first-order valence-electron chi connectivity index (χ1n) is 7.90. The topological polar surface area (TPSA) is 90.9 Å². The van der Waals surface area contributed by atoms with Crippen molar-refractivity contribution in [2.45, 2.75) is 17.4 Å². The molecule has 0 radical (unpaired) electrons. The van der Waals surface area contributed by atoms with Crippen molar-refractivity contribution < 1.29 is 31.8 Å². The van der Waals surface area contributed by atoms with Crippen molar-refractivity contribution in [3.05, 3.63) is 52.0 Å². The minimum Gasteiger partial charge on any atom is -0.465 e. The van der Waals surface area contributed by atoms with Crippen LogP contribution in [0.2, 0.25) is 0 Å². The molecule has 1 aromatic heterocycles. The maximum Gasteiger partial charge on any atom is 0.349 e. The van der Waals surface area contributed by atoms with Crippen LogP contribution in [0.5, 0.6) is 0 Å². The first kappa shape index (κ1) is 21.5. The Labute approximate surface area is 161 Å². The lowest BCUT2D eigenvalue weighted by Gasteiger charge is -2.18. The number of sulfonamides is 1. The first-order valence-corrected chi connectivity index (χ1v) is 10.3. The number of halogens is 1. The Balaban J connectivity index is 2.06. The minimum absolute atomic E-state index is 0.00577. The lowest BCUT2D eigenvalue weighted by molar-refractivity contribution is -0.0752. The second-order valence-electron chi connectivity index (χ2n) is 5.41. The molecule has 0 aliphatic carbocycles. The Kier molecular flexibility index (Phi) is 7.87. The molecule has 27 heavy (non-hydrogen) atoms. The summed E-state index contributed by atoms with van der Waals surface area (Å²) < 4.78 is 55.6. The zero-order chi connectivity index (χ0) is 19.9. The molecule has 1 heterocycles. The van der Waals surface area contributed by atoms with E-state index in [1.165, 1.54) is 37.8 Å². The highest BCUT2D eigenvalue weighted by Gasteiger charge is 2.24. The minimum atomic E-state index is -3.90. The number of hydrogen-bond acceptors (Lipinski definition) is 7. The predicted molar refractivity (Wildman–Crippen MR) is 97.6 cm³/mol. The third kappa shape index (κ3) is 5.81. The van der Waals surface area contributed by atoms with E-state index < -0.39 is 22.1 Å². The molecule has 0 fully saturated rings. The fraction of sp³-hybridized carbons (Fsp3) is 0.353. The molecule has 7 nitrogen and oxygen atoms in total. The van der Waals surface area contributed by atoms with E-state index in [4.69, 9.17) is 9.47 Å². The molecule has 0 aliphatic rings. The molecule has 1 N–H and O–H groups in total. The second kappa shape index (κ2) is 9.90. The number of esters is 1. The van der Waals surface area contributed by atoms with Crippen molar-refractivity contribution in [3.63, 3.8) is 0 Å². The molecule has 148 valence electrons. The number of methoxy groups -OCH3 is 2. The number of benzene rings is 1. The molecule has 0 amide bonds. The van der Waals surface area contributed by atoms with Crippen LogP contribution in [0.15, 0.2) is 40.6 Å². The van der Waals surface area contributed by atoms with Crippen molar-refractivity contribution in [3.8, 4) is 0 Å². The summed E-state index contributed by atoms with van der Waals surface area (Å²) >= 11 is 0.988. The van der Waals surface area contributed by atoms with E-state index in [1.54, 1.807) is 12.1 Å². The van der Waals surface area contributed by atoms with Crippen LogP contribution in [0.4, 0.5) is 4.39 Å². The SMILES string of the molecule is COCOC(CCNS(=O)(=O)c1ccsc1C(=O)OC)c1ccc(F)cc1. The molecule has 0 spiro atoms. The highest BCUT2D eigenvalue weighted by atomic mass is 32.2. The van der Waals surface area contributed by atoms with Gasteiger partial charge in [0, 0.05) is 13.7 Å². The van der Waals surface area contributed by atoms with Crippen molar-refractivity contribution in [2.24, 2.45) is 0 Å². The molecule has 2 aromatic rings. The van der Waals surface area contributed by atoms with Crippen molar-refractivity contribution in [1.29, 1.82) is 0 Å². The predicted octanol–water partition coefficient (Wildman–Crippen LogP) is 2.70. The highest BCUT2D eigenvalue weighted by molar-refractivity contribution is 7.89. The van der Waals surface area contributed by atoms with E-state index in [2.05, 4.69) is 9.46 Å². The van der Waals surface area contributed by atoms with Gasteiger partial charge in [-0.2, -0.15) is 0 Å². The summed E-state index contributed by atoms with van der Waals surface area (Å²) in [6.45, 7) is 0.0519. The molecule has 1 aromatic carbocycles. The van der Waals surface area contributed by atoms with Crippen LogP contribution < -0.4 is 4.72 Å². The second-order valence-corrected chi connectivity index (χ2v) is 8.06. The number of carbonyl (C=O) groups excluding carboxylic acids is 1. The molecular weight excluding hydrogens is 397 g/mol. The van der Waals surface area contributed by atoms with Crippen LogP contribution in [-0.4, -0.2) is 41.9 Å². The van der Waals surface area contributed by atoms with Gasteiger partial charge in [0.2, 0.25) is 10.0 Å². The summed E-state index contributed by atoms with van der Waals surface area (Å²) in [6.07, 6.45) is -0.206. The molecule has 1 unspecified atom stereocenters. The van der Waals surface area contributed by atoms with Crippen molar-refractivity contribution in [1.82, 2.24) is 4.72 Å².